The van der Waals surface area contributed by atoms with Crippen molar-refractivity contribution < 1.29 is 13.9 Å². The molecule has 146 valence electrons. The van der Waals surface area contributed by atoms with E-state index in [0.717, 1.165) is 31.2 Å². The highest BCUT2D eigenvalue weighted by molar-refractivity contribution is 7.17. The summed E-state index contributed by atoms with van der Waals surface area (Å²) in [6, 6.07) is 5.98. The third-order valence-corrected chi connectivity index (χ3v) is 6.16. The molecule has 0 radical (unpaired) electrons. The van der Waals surface area contributed by atoms with E-state index in [-0.39, 0.29) is 24.0 Å². The fourth-order valence-corrected chi connectivity index (χ4v) is 4.54. The van der Waals surface area contributed by atoms with E-state index in [2.05, 4.69) is 11.9 Å². The molecule has 1 fully saturated rings. The van der Waals surface area contributed by atoms with Gasteiger partial charge >= 0.3 is 5.97 Å². The fraction of sp³-hybridized carbons (Fsp3) is 0.381. The normalized spacial score (nSPS) is 19.6. The summed E-state index contributed by atoms with van der Waals surface area (Å²) in [5.41, 5.74) is 1.14. The van der Waals surface area contributed by atoms with Crippen molar-refractivity contribution in [1.29, 1.82) is 0 Å². The van der Waals surface area contributed by atoms with Crippen molar-refractivity contribution in [3.05, 3.63) is 52.1 Å². The van der Waals surface area contributed by atoms with Crippen LogP contribution in [0.3, 0.4) is 0 Å². The van der Waals surface area contributed by atoms with Gasteiger partial charge in [-0.25, -0.2) is 9.37 Å². The Labute approximate surface area is 165 Å². The smallest absolute Gasteiger partial charge is 0.326 e. The molecular formula is C21H21FN2O3S. The summed E-state index contributed by atoms with van der Waals surface area (Å²) in [7, 11) is 0. The van der Waals surface area contributed by atoms with Crippen LogP contribution in [-0.2, 0) is 16.1 Å². The quantitative estimate of drug-likeness (QED) is 0.610. The maximum Gasteiger partial charge on any atom is 0.326 e. The number of halogens is 1. The highest BCUT2D eigenvalue weighted by atomic mass is 32.1. The molecule has 2 aromatic heterocycles. The average Bonchev–Trinajstić information content (AvgIpc) is 3.11. The van der Waals surface area contributed by atoms with Crippen molar-refractivity contribution >= 4 is 27.5 Å². The molecule has 7 heteroatoms. The molecule has 0 spiro atoms. The number of fused-ring (bicyclic) bond motifs is 1. The second-order valence-electron chi connectivity index (χ2n) is 7.39. The van der Waals surface area contributed by atoms with Gasteiger partial charge < -0.3 is 4.74 Å². The topological polar surface area (TPSA) is 61.2 Å². The molecule has 28 heavy (non-hydrogen) atoms. The number of hydrogen-bond acceptors (Lipinski definition) is 5. The molecule has 1 aliphatic carbocycles. The van der Waals surface area contributed by atoms with Gasteiger partial charge in [-0.3, -0.25) is 14.2 Å². The minimum atomic E-state index is -0.415. The Bertz CT molecular complexity index is 1050. The highest BCUT2D eigenvalue weighted by Crippen LogP contribution is 2.30. The predicted octanol–water partition coefficient (Wildman–Crippen LogP) is 4.39. The Balaban J connectivity index is 1.57. The number of ether oxygens (including phenoxy) is 1. The first kappa shape index (κ1) is 18.8. The number of carbonyl (C=O) groups excluding carboxylic acids is 1. The Morgan fingerprint density at radius 2 is 1.96 bits per heavy atom. The summed E-state index contributed by atoms with van der Waals surface area (Å²) in [5, 5.41) is 2.27. The summed E-state index contributed by atoms with van der Waals surface area (Å²) in [4.78, 5) is 30.2. The number of nitrogens with zero attached hydrogens (tertiary/aromatic N) is 2. The molecular weight excluding hydrogens is 379 g/mol. The summed E-state index contributed by atoms with van der Waals surface area (Å²) >= 11 is 1.35. The van der Waals surface area contributed by atoms with Gasteiger partial charge in [-0.2, -0.15) is 0 Å². The van der Waals surface area contributed by atoms with Gasteiger partial charge in [0.05, 0.1) is 11.7 Å². The molecule has 1 aromatic carbocycles. The van der Waals surface area contributed by atoms with Crippen LogP contribution in [0.4, 0.5) is 4.39 Å². The van der Waals surface area contributed by atoms with E-state index in [4.69, 9.17) is 4.74 Å². The fourth-order valence-electron chi connectivity index (χ4n) is 3.63. The SMILES string of the molecule is CC1CCC(OC(=O)Cn2cnc3scc(-c4ccc(F)cc4)c3c2=O)CC1. The maximum atomic E-state index is 13.2. The van der Waals surface area contributed by atoms with Crippen molar-refractivity contribution in [2.45, 2.75) is 45.3 Å². The van der Waals surface area contributed by atoms with E-state index in [1.165, 1.54) is 34.4 Å². The van der Waals surface area contributed by atoms with Gasteiger partial charge in [0.2, 0.25) is 0 Å². The van der Waals surface area contributed by atoms with Gasteiger partial charge in [-0.1, -0.05) is 19.1 Å². The van der Waals surface area contributed by atoms with E-state index < -0.39 is 5.97 Å². The molecule has 2 heterocycles. The van der Waals surface area contributed by atoms with Crippen molar-refractivity contribution in [2.75, 3.05) is 0 Å². The average molecular weight is 400 g/mol. The third-order valence-electron chi connectivity index (χ3n) is 5.28. The van der Waals surface area contributed by atoms with Crippen LogP contribution in [0.15, 0.2) is 40.8 Å². The number of aromatic nitrogens is 2. The van der Waals surface area contributed by atoms with Crippen LogP contribution < -0.4 is 5.56 Å². The van der Waals surface area contributed by atoms with E-state index in [1.54, 1.807) is 12.1 Å². The molecule has 5 nitrogen and oxygen atoms in total. The van der Waals surface area contributed by atoms with Crippen LogP contribution >= 0.6 is 11.3 Å². The van der Waals surface area contributed by atoms with Gasteiger partial charge in [0, 0.05) is 10.9 Å². The van der Waals surface area contributed by atoms with Crippen LogP contribution in [0, 0.1) is 11.7 Å². The maximum absolute atomic E-state index is 13.2. The zero-order valence-corrected chi connectivity index (χ0v) is 16.4. The van der Waals surface area contributed by atoms with Crippen molar-refractivity contribution in [3.8, 4) is 11.1 Å². The Hall–Kier alpha value is -2.54. The van der Waals surface area contributed by atoms with Crippen LogP contribution in [0.25, 0.3) is 21.3 Å². The number of benzene rings is 1. The lowest BCUT2D eigenvalue weighted by molar-refractivity contribution is -0.151. The number of esters is 1. The second kappa shape index (κ2) is 7.83. The minimum absolute atomic E-state index is 0.0629. The van der Waals surface area contributed by atoms with Gasteiger partial charge in [0.15, 0.2) is 0 Å². The lowest BCUT2D eigenvalue weighted by Gasteiger charge is -2.26. The van der Waals surface area contributed by atoms with E-state index in [1.807, 2.05) is 5.38 Å². The molecule has 3 aromatic rings. The second-order valence-corrected chi connectivity index (χ2v) is 8.24. The molecule has 0 unspecified atom stereocenters. The van der Waals surface area contributed by atoms with E-state index in [0.29, 0.717) is 21.7 Å². The van der Waals surface area contributed by atoms with Crippen LogP contribution in [0.2, 0.25) is 0 Å². The molecule has 0 amide bonds. The zero-order chi connectivity index (χ0) is 19.7. The van der Waals surface area contributed by atoms with Crippen molar-refractivity contribution in [1.82, 2.24) is 9.55 Å². The molecule has 0 atom stereocenters. The molecule has 0 aliphatic heterocycles. The van der Waals surface area contributed by atoms with Crippen LogP contribution in [0.1, 0.15) is 32.6 Å². The summed E-state index contributed by atoms with van der Waals surface area (Å²) in [6.07, 6.45) is 5.19. The highest BCUT2D eigenvalue weighted by Gasteiger charge is 2.22. The van der Waals surface area contributed by atoms with Gasteiger partial charge in [0.1, 0.15) is 23.3 Å². The Morgan fingerprint density at radius 1 is 1.25 bits per heavy atom. The van der Waals surface area contributed by atoms with Gasteiger partial charge in [0.25, 0.3) is 5.56 Å². The van der Waals surface area contributed by atoms with Crippen molar-refractivity contribution in [2.24, 2.45) is 5.92 Å². The first-order valence-corrected chi connectivity index (χ1v) is 10.3. The largest absolute Gasteiger partial charge is 0.461 e. The standard InChI is InChI=1S/C21H21FN2O3S/c1-13-2-8-16(9-3-13)27-18(25)10-24-12-23-20-19(21(24)26)17(11-28-20)14-4-6-15(22)7-5-14/h4-7,11-13,16H,2-3,8-10H2,1H3. The molecule has 0 N–H and O–H groups in total. The van der Waals surface area contributed by atoms with Crippen LogP contribution in [-0.4, -0.2) is 21.6 Å². The zero-order valence-electron chi connectivity index (χ0n) is 15.6. The summed E-state index contributed by atoms with van der Waals surface area (Å²) < 4.78 is 20.1. The Kier molecular flexibility index (Phi) is 5.26. The third kappa shape index (κ3) is 3.85. The van der Waals surface area contributed by atoms with Gasteiger partial charge in [-0.15, -0.1) is 11.3 Å². The Morgan fingerprint density at radius 3 is 2.68 bits per heavy atom. The number of thiophene rings is 1. The molecule has 4 rings (SSSR count). The first-order chi connectivity index (χ1) is 13.5. The van der Waals surface area contributed by atoms with Crippen LogP contribution in [0.5, 0.6) is 0 Å². The molecule has 0 bridgehead atoms. The number of hydrogen-bond donors (Lipinski definition) is 0. The molecule has 1 aliphatic rings. The first-order valence-electron chi connectivity index (χ1n) is 9.43. The summed E-state index contributed by atoms with van der Waals surface area (Å²) in [5.74, 6) is -0.0762. The summed E-state index contributed by atoms with van der Waals surface area (Å²) in [6.45, 7) is 2.05. The number of carbonyl (C=O) groups is 1. The van der Waals surface area contributed by atoms with E-state index >= 15 is 0 Å². The van der Waals surface area contributed by atoms with Crippen molar-refractivity contribution in [3.63, 3.8) is 0 Å². The minimum Gasteiger partial charge on any atom is -0.461 e. The molecule has 1 saturated carbocycles. The van der Waals surface area contributed by atoms with Gasteiger partial charge in [-0.05, 0) is 49.3 Å². The lowest BCUT2D eigenvalue weighted by Crippen LogP contribution is -2.29. The monoisotopic (exact) mass is 400 g/mol. The lowest BCUT2D eigenvalue weighted by atomic mass is 9.89. The predicted molar refractivity (Wildman–Crippen MR) is 107 cm³/mol. The number of rotatable bonds is 4. The molecule has 0 saturated heterocycles. The van der Waals surface area contributed by atoms with E-state index in [9.17, 15) is 14.0 Å².